The summed E-state index contributed by atoms with van der Waals surface area (Å²) in [7, 11) is 4.13. The third-order valence-corrected chi connectivity index (χ3v) is 17.0. The van der Waals surface area contributed by atoms with Gasteiger partial charge in [0.1, 0.15) is 38.9 Å². The molecule has 4 atom stereocenters. The van der Waals surface area contributed by atoms with Crippen LogP contribution in [0.5, 0.6) is 0 Å². The van der Waals surface area contributed by atoms with Gasteiger partial charge < -0.3 is 51.6 Å². The molecule has 5 aliphatic heterocycles. The zero-order valence-corrected chi connectivity index (χ0v) is 37.9. The summed E-state index contributed by atoms with van der Waals surface area (Å²) in [6.45, 7) is -0.342. The molecule has 6 amide bonds. The molecule has 0 saturated carbocycles. The lowest BCUT2D eigenvalue weighted by molar-refractivity contribution is -0.192. The minimum Gasteiger partial charge on any atom is -0.477 e. The second-order valence-electron chi connectivity index (χ2n) is 13.2. The van der Waals surface area contributed by atoms with E-state index in [-0.39, 0.29) is 51.5 Å². The topological polar surface area (TPSA) is 368 Å². The fourth-order valence-corrected chi connectivity index (χ4v) is 13.3. The summed E-state index contributed by atoms with van der Waals surface area (Å²) < 4.78 is 16.1. The Morgan fingerprint density at radius 3 is 1.97 bits per heavy atom. The van der Waals surface area contributed by atoms with Crippen LogP contribution in [0.1, 0.15) is 4.88 Å². The van der Waals surface area contributed by atoms with Gasteiger partial charge in [-0.15, -0.1) is 40.0 Å². The lowest BCUT2D eigenvalue weighted by Gasteiger charge is -2.56. The van der Waals surface area contributed by atoms with Crippen LogP contribution in [0.4, 0.5) is 4.79 Å². The van der Waals surface area contributed by atoms with Crippen molar-refractivity contribution in [3.8, 4) is 0 Å². The first-order chi connectivity index (χ1) is 30.3. The monoisotopic (exact) mass is 1000 g/mol. The molecule has 342 valence electrons. The first-order valence-electron chi connectivity index (χ1n) is 17.8. The number of methoxy groups -OCH3 is 2. The van der Waals surface area contributed by atoms with E-state index in [9.17, 15) is 53.4 Å². The van der Waals surface area contributed by atoms with Gasteiger partial charge in [0.2, 0.25) is 17.0 Å². The van der Waals surface area contributed by atoms with Gasteiger partial charge in [0, 0.05) is 49.0 Å². The number of tetrazole rings is 1. The lowest BCUT2D eigenvalue weighted by atomic mass is 9.98. The van der Waals surface area contributed by atoms with Gasteiger partial charge in [-0.2, -0.15) is 0 Å². The van der Waals surface area contributed by atoms with Gasteiger partial charge in [-0.05, 0) is 27.4 Å². The van der Waals surface area contributed by atoms with Crippen LogP contribution < -0.4 is 22.1 Å². The van der Waals surface area contributed by atoms with Gasteiger partial charge in [-0.3, -0.25) is 33.8 Å². The number of carboxylic acids is 3. The van der Waals surface area contributed by atoms with E-state index in [0.717, 1.165) is 38.2 Å². The summed E-state index contributed by atoms with van der Waals surface area (Å²) in [4.78, 5) is 111. The number of fused-ring (bicyclic) bond motifs is 2. The average Bonchev–Trinajstić information content (AvgIpc) is 3.90. The predicted molar refractivity (Wildman–Crippen MR) is 227 cm³/mol. The standard InChI is InChI=1S/C17H17N7O8S4.C16H17N3O7S2/c1-23-16(20-21-22-23)34-4-5-3-33-15-17(32-2,14(31)24(15)7(5)11(29)30)19-9(26)13-35-12(36-13)6(8(18)25)10(27)28;1-25-16(18-10(20)5-9-3-2-4-27-9)13(23)19-11(12(21)22)8(6-26-15(17)24)7-28-14(16)19/h13,15H,3-4H2,1-2H3,(H2,18,25)(H,19,26)(H,27,28)(H,29,30);2-4,14H,5-7H2,1H3,(H2,17,24)(H,18,20)(H,21,22)/t13?,15-,17+;14-,16+/m11/s1. The molecule has 7 heterocycles. The van der Waals surface area contributed by atoms with Crippen LogP contribution in [0, 0.1) is 0 Å². The van der Waals surface area contributed by atoms with Crippen molar-refractivity contribution < 1.29 is 72.7 Å². The minimum atomic E-state index is -1.81. The van der Waals surface area contributed by atoms with Crippen molar-refractivity contribution in [2.45, 2.75) is 38.4 Å². The summed E-state index contributed by atoms with van der Waals surface area (Å²) >= 11 is 6.66. The number of carbonyl (C=O) groups is 9. The number of rotatable bonds is 16. The lowest BCUT2D eigenvalue weighted by Crippen LogP contribution is -2.81. The van der Waals surface area contributed by atoms with Crippen molar-refractivity contribution in [3.05, 3.63) is 54.7 Å². The largest absolute Gasteiger partial charge is 0.477 e. The Labute approximate surface area is 384 Å². The Kier molecular flexibility index (Phi) is 14.6. The van der Waals surface area contributed by atoms with E-state index in [4.69, 9.17) is 26.0 Å². The molecule has 0 unspecified atom stereocenters. The number of primary amides is 2. The van der Waals surface area contributed by atoms with Crippen molar-refractivity contribution in [2.75, 3.05) is 38.1 Å². The van der Waals surface area contributed by atoms with E-state index < -0.39 is 85.9 Å². The number of aryl methyl sites for hydroxylation is 1. The van der Waals surface area contributed by atoms with Crippen molar-refractivity contribution in [3.63, 3.8) is 0 Å². The Morgan fingerprint density at radius 1 is 0.906 bits per heavy atom. The highest BCUT2D eigenvalue weighted by Crippen LogP contribution is 2.54. The molecule has 31 heteroatoms. The summed E-state index contributed by atoms with van der Waals surface area (Å²) in [6, 6.07) is 3.61. The Hall–Kier alpha value is -5.31. The van der Waals surface area contributed by atoms with Crippen molar-refractivity contribution in [1.82, 2.24) is 40.6 Å². The number of aromatic nitrogens is 4. The number of aliphatic carboxylic acids is 3. The molecule has 5 aliphatic rings. The SMILES string of the molecule is CO[C@@]1(NC(=O)C2SC(=C(C(N)=O)C(=O)O)S2)C(=O)N2C(C(=O)O)=C(CSc3nnnn3C)CS[C@@H]21.CO[C@@]1(NC(=O)Cc2cccs2)C(=O)N2C(C(=O)O)=C(COC(N)=O)CS[C@@H]21. The molecule has 0 spiro atoms. The number of carboxylic acid groups (broad SMARTS) is 3. The highest BCUT2D eigenvalue weighted by Gasteiger charge is 2.68. The third-order valence-electron chi connectivity index (χ3n) is 9.47. The normalized spacial score (nSPS) is 24.4. The number of ether oxygens (including phenoxy) is 3. The number of amides is 6. The number of thiophene rings is 1. The Balaban J connectivity index is 0.000000219. The molecular weight excluding hydrogens is 969 g/mol. The molecule has 3 saturated heterocycles. The predicted octanol–water partition coefficient (Wildman–Crippen LogP) is -1.30. The fourth-order valence-electron chi connectivity index (χ4n) is 6.55. The van der Waals surface area contributed by atoms with Crippen LogP contribution >= 0.6 is 70.1 Å². The first kappa shape index (κ1) is 48.2. The summed E-state index contributed by atoms with van der Waals surface area (Å²) in [6.07, 6.45) is -0.973. The molecule has 3 fully saturated rings. The molecule has 0 radical (unpaired) electrons. The van der Waals surface area contributed by atoms with Gasteiger partial charge in [0.05, 0.1) is 10.7 Å². The molecule has 25 nitrogen and oxygen atoms in total. The van der Waals surface area contributed by atoms with Gasteiger partial charge in [0.15, 0.2) is 0 Å². The highest BCUT2D eigenvalue weighted by molar-refractivity contribution is 8.39. The number of hydrogen-bond donors (Lipinski definition) is 7. The summed E-state index contributed by atoms with van der Waals surface area (Å²) in [5.41, 5.74) is 6.13. The zero-order chi connectivity index (χ0) is 46.8. The molecule has 2 aromatic heterocycles. The van der Waals surface area contributed by atoms with Crippen LogP contribution in [0.15, 0.2) is 55.0 Å². The number of β-lactam (4-membered cyclic amide) rings is 2. The maximum Gasteiger partial charge on any atom is 0.404 e. The quantitative estimate of drug-likeness (QED) is 0.0257. The van der Waals surface area contributed by atoms with Crippen LogP contribution in [-0.2, 0) is 66.0 Å². The van der Waals surface area contributed by atoms with Crippen LogP contribution in [0.25, 0.3) is 0 Å². The molecule has 0 aromatic carbocycles. The summed E-state index contributed by atoms with van der Waals surface area (Å²) in [5, 5.41) is 45.4. The van der Waals surface area contributed by atoms with E-state index in [0.29, 0.717) is 10.7 Å². The van der Waals surface area contributed by atoms with E-state index in [1.165, 1.54) is 65.5 Å². The molecule has 2 aromatic rings. The third kappa shape index (κ3) is 9.01. The van der Waals surface area contributed by atoms with Crippen LogP contribution in [0.3, 0.4) is 0 Å². The zero-order valence-electron chi connectivity index (χ0n) is 33.0. The fraction of sp³-hybridized carbons (Fsp3) is 0.394. The van der Waals surface area contributed by atoms with Gasteiger partial charge in [0.25, 0.3) is 29.2 Å². The van der Waals surface area contributed by atoms with E-state index in [1.807, 2.05) is 11.4 Å². The van der Waals surface area contributed by atoms with E-state index in [1.54, 1.807) is 13.1 Å². The highest BCUT2D eigenvalue weighted by atomic mass is 32.3. The number of carbonyl (C=O) groups excluding carboxylic acids is 6. The maximum absolute atomic E-state index is 13.2. The van der Waals surface area contributed by atoms with Crippen molar-refractivity contribution in [2.24, 2.45) is 18.5 Å². The van der Waals surface area contributed by atoms with Gasteiger partial charge in [-0.1, -0.05) is 41.4 Å². The smallest absolute Gasteiger partial charge is 0.404 e. The van der Waals surface area contributed by atoms with Crippen molar-refractivity contribution >= 4 is 124 Å². The molecule has 0 aliphatic carbocycles. The second kappa shape index (κ2) is 19.4. The Morgan fingerprint density at radius 2 is 1.48 bits per heavy atom. The number of nitrogens with zero attached hydrogens (tertiary/aromatic N) is 6. The number of thioether (sulfide) groups is 5. The molecule has 7 rings (SSSR count). The van der Waals surface area contributed by atoms with Crippen molar-refractivity contribution in [1.29, 1.82) is 0 Å². The van der Waals surface area contributed by atoms with E-state index in [2.05, 4.69) is 30.9 Å². The first-order valence-corrected chi connectivity index (χ1v) is 23.5. The van der Waals surface area contributed by atoms with Gasteiger partial charge in [-0.25, -0.2) is 23.9 Å². The average molecular weight is 1000 g/mol. The van der Waals surface area contributed by atoms with Crippen LogP contribution in [-0.4, -0.2) is 164 Å². The molecule has 0 bridgehead atoms. The number of nitrogens with two attached hydrogens (primary N) is 2. The summed E-state index contributed by atoms with van der Waals surface area (Å²) in [5.74, 6) is -7.20. The number of hydrogen-bond acceptors (Lipinski definition) is 21. The minimum absolute atomic E-state index is 0.0755. The maximum atomic E-state index is 13.2. The molecule has 9 N–H and O–H groups in total. The second-order valence-corrected chi connectivity index (χ2v) is 20.1. The Bertz CT molecular complexity index is 2400. The molecular formula is C33H34N10O15S6. The van der Waals surface area contributed by atoms with E-state index >= 15 is 0 Å². The van der Waals surface area contributed by atoms with Gasteiger partial charge >= 0.3 is 24.0 Å². The molecule has 64 heavy (non-hydrogen) atoms. The van der Waals surface area contributed by atoms with Crippen LogP contribution in [0.2, 0.25) is 0 Å². The number of nitrogens with one attached hydrogen (secondary N) is 2.